The van der Waals surface area contributed by atoms with Crippen LogP contribution in [-0.4, -0.2) is 70.7 Å². The fraction of sp³-hybridized carbons (Fsp3) is 0.321. The summed E-state index contributed by atoms with van der Waals surface area (Å²) in [6.07, 6.45) is 5.78. The summed E-state index contributed by atoms with van der Waals surface area (Å²) < 4.78 is 12.7. The van der Waals surface area contributed by atoms with Crippen LogP contribution in [0.25, 0.3) is 21.9 Å². The molecule has 37 heavy (non-hydrogen) atoms. The Morgan fingerprint density at radius 1 is 1.11 bits per heavy atom. The molecule has 1 saturated heterocycles. The Morgan fingerprint density at radius 2 is 1.95 bits per heavy atom. The van der Waals surface area contributed by atoms with Crippen molar-refractivity contribution in [2.45, 2.75) is 19.6 Å². The van der Waals surface area contributed by atoms with Gasteiger partial charge in [-0.3, -0.25) is 9.48 Å². The second kappa shape index (κ2) is 10.6. The number of fused-ring (bicyclic) bond motifs is 1. The summed E-state index contributed by atoms with van der Waals surface area (Å²) in [5.41, 5.74) is 3.36. The highest BCUT2D eigenvalue weighted by atomic mass is 16.5. The van der Waals surface area contributed by atoms with Gasteiger partial charge in [-0.1, -0.05) is 19.1 Å². The van der Waals surface area contributed by atoms with Crippen molar-refractivity contribution in [2.75, 3.05) is 39.2 Å². The summed E-state index contributed by atoms with van der Waals surface area (Å²) in [5.74, 6) is 1.34. The number of aliphatic hydroxyl groups is 1. The molecule has 1 fully saturated rings. The van der Waals surface area contributed by atoms with Crippen LogP contribution < -0.4 is 10.1 Å². The molecule has 9 nitrogen and oxygen atoms in total. The number of nitrogens with zero attached hydrogens (tertiary/aromatic N) is 4. The van der Waals surface area contributed by atoms with Crippen molar-refractivity contribution in [1.82, 2.24) is 19.7 Å². The molecular formula is C28H31N5O4. The highest BCUT2D eigenvalue weighted by Gasteiger charge is 2.31. The zero-order valence-corrected chi connectivity index (χ0v) is 21.2. The van der Waals surface area contributed by atoms with Crippen LogP contribution in [-0.2, 0) is 11.3 Å². The number of hydrogen-bond donors (Lipinski definition) is 2. The van der Waals surface area contributed by atoms with E-state index in [2.05, 4.69) is 27.5 Å². The molecule has 1 atom stereocenters. The van der Waals surface area contributed by atoms with E-state index in [1.54, 1.807) is 31.3 Å². The number of aliphatic hydroxyl groups excluding tert-OH is 1. The van der Waals surface area contributed by atoms with Gasteiger partial charge in [-0.15, -0.1) is 0 Å². The quantitative estimate of drug-likeness (QED) is 0.358. The molecule has 0 bridgehead atoms. The van der Waals surface area contributed by atoms with Gasteiger partial charge in [0.2, 0.25) is 0 Å². The molecule has 192 valence electrons. The molecule has 0 radical (unpaired) electrons. The number of likely N-dealkylation sites (tertiary alicyclic amines) is 1. The summed E-state index contributed by atoms with van der Waals surface area (Å²) in [5, 5.41) is 19.1. The van der Waals surface area contributed by atoms with Crippen molar-refractivity contribution in [2.24, 2.45) is 5.92 Å². The minimum absolute atomic E-state index is 0.0383. The van der Waals surface area contributed by atoms with Crippen molar-refractivity contribution >= 4 is 28.2 Å². The Kier molecular flexibility index (Phi) is 7.07. The topological polar surface area (TPSA) is 102 Å². The molecule has 1 aliphatic rings. The minimum Gasteiger partial charge on any atom is -0.495 e. The van der Waals surface area contributed by atoms with Gasteiger partial charge >= 0.3 is 0 Å². The molecule has 0 spiro atoms. The highest BCUT2D eigenvalue weighted by Crippen LogP contribution is 2.31. The van der Waals surface area contributed by atoms with Crippen LogP contribution in [0, 0.1) is 5.92 Å². The number of carbonyl (C=O) groups is 1. The lowest BCUT2D eigenvalue weighted by atomic mass is 10.0. The normalized spacial score (nSPS) is 14.4. The third-order valence-corrected chi connectivity index (χ3v) is 6.68. The molecule has 2 N–H and O–H groups in total. The summed E-state index contributed by atoms with van der Waals surface area (Å²) in [6.45, 7) is 3.99. The van der Waals surface area contributed by atoms with Crippen LogP contribution in [0.3, 0.4) is 0 Å². The van der Waals surface area contributed by atoms with Crippen LogP contribution in [0.4, 0.5) is 11.5 Å². The molecule has 4 aromatic rings. The first-order chi connectivity index (χ1) is 18.0. The number of ether oxygens (including phenoxy) is 2. The van der Waals surface area contributed by atoms with Gasteiger partial charge in [0.05, 0.1) is 25.1 Å². The van der Waals surface area contributed by atoms with E-state index in [4.69, 9.17) is 9.47 Å². The molecule has 0 saturated carbocycles. The molecule has 1 aliphatic heterocycles. The van der Waals surface area contributed by atoms with Crippen LogP contribution in [0.5, 0.6) is 5.75 Å². The van der Waals surface area contributed by atoms with E-state index in [1.807, 2.05) is 48.4 Å². The Balaban J connectivity index is 1.35. The lowest BCUT2D eigenvalue weighted by Gasteiger charge is -2.38. The lowest BCUT2D eigenvalue weighted by Crippen LogP contribution is -2.54. The van der Waals surface area contributed by atoms with Gasteiger partial charge in [-0.25, -0.2) is 4.98 Å². The van der Waals surface area contributed by atoms with Gasteiger partial charge in [0.15, 0.2) is 0 Å². The zero-order valence-electron chi connectivity index (χ0n) is 21.2. The van der Waals surface area contributed by atoms with Crippen LogP contribution in [0.15, 0.2) is 61.1 Å². The molecule has 2 aromatic heterocycles. The van der Waals surface area contributed by atoms with Crippen LogP contribution in [0.2, 0.25) is 0 Å². The van der Waals surface area contributed by atoms with Gasteiger partial charge in [-0.2, -0.15) is 5.10 Å². The first-order valence-electron chi connectivity index (χ1n) is 12.3. The second-order valence-corrected chi connectivity index (χ2v) is 9.48. The van der Waals surface area contributed by atoms with Crippen molar-refractivity contribution < 1.29 is 19.4 Å². The maximum atomic E-state index is 12.8. The number of hydrogen-bond acceptors (Lipinski definition) is 7. The standard InChI is InChI=1S/C28H31N5O4/c1-18(17-34)13-33-14-23(12-30-33)19-4-5-21-11-29-27(10-22(21)8-19)31-25-7-6-20(9-26(25)37-3)28(35)32-15-24(16-32)36-2/h4-12,14,18,24,34H,13,15-17H2,1-3H3,(H,29,31). The van der Waals surface area contributed by atoms with Gasteiger partial charge in [-0.05, 0) is 47.2 Å². The number of methoxy groups -OCH3 is 2. The third kappa shape index (κ3) is 5.28. The summed E-state index contributed by atoms with van der Waals surface area (Å²) in [7, 11) is 3.24. The molecule has 1 amide bonds. The minimum atomic E-state index is -0.0383. The molecule has 1 unspecified atom stereocenters. The average molecular weight is 502 g/mol. The van der Waals surface area contributed by atoms with Gasteiger partial charge in [0.25, 0.3) is 5.91 Å². The number of aromatic nitrogens is 3. The number of amides is 1. The number of pyridine rings is 1. The summed E-state index contributed by atoms with van der Waals surface area (Å²) in [6, 6.07) is 13.6. The number of carbonyl (C=O) groups excluding carboxylic acids is 1. The van der Waals surface area contributed by atoms with Crippen molar-refractivity contribution in [3.05, 3.63) is 66.6 Å². The van der Waals surface area contributed by atoms with Gasteiger partial charge < -0.3 is 24.8 Å². The second-order valence-electron chi connectivity index (χ2n) is 9.48. The molecule has 0 aliphatic carbocycles. The first kappa shape index (κ1) is 24.7. The fourth-order valence-corrected chi connectivity index (χ4v) is 4.38. The molecule has 5 rings (SSSR count). The lowest BCUT2D eigenvalue weighted by molar-refractivity contribution is -0.0192. The van der Waals surface area contributed by atoms with Crippen LogP contribution >= 0.6 is 0 Å². The first-order valence-corrected chi connectivity index (χ1v) is 12.3. The van der Waals surface area contributed by atoms with E-state index < -0.39 is 0 Å². The van der Waals surface area contributed by atoms with Gasteiger partial charge in [0, 0.05) is 62.3 Å². The molecule has 9 heteroatoms. The highest BCUT2D eigenvalue weighted by molar-refractivity contribution is 5.96. The van der Waals surface area contributed by atoms with E-state index in [-0.39, 0.29) is 24.5 Å². The Hall–Kier alpha value is -3.95. The van der Waals surface area contributed by atoms with E-state index in [0.717, 1.165) is 27.6 Å². The van der Waals surface area contributed by atoms with Crippen LogP contribution in [0.1, 0.15) is 17.3 Å². The van der Waals surface area contributed by atoms with Gasteiger partial charge in [0.1, 0.15) is 11.6 Å². The fourth-order valence-electron chi connectivity index (χ4n) is 4.38. The number of benzene rings is 2. The maximum Gasteiger partial charge on any atom is 0.254 e. The predicted octanol–water partition coefficient (Wildman–Crippen LogP) is 3.95. The Labute approximate surface area is 215 Å². The molecule has 3 heterocycles. The average Bonchev–Trinajstić information content (AvgIpc) is 3.36. The van der Waals surface area contributed by atoms with E-state index in [9.17, 15) is 9.90 Å². The Bertz CT molecular complexity index is 1410. The molecule has 2 aromatic carbocycles. The van der Waals surface area contributed by atoms with Crippen molar-refractivity contribution in [3.63, 3.8) is 0 Å². The predicted molar refractivity (Wildman–Crippen MR) is 142 cm³/mol. The van der Waals surface area contributed by atoms with E-state index in [1.165, 1.54) is 0 Å². The monoisotopic (exact) mass is 501 g/mol. The van der Waals surface area contributed by atoms with E-state index >= 15 is 0 Å². The van der Waals surface area contributed by atoms with E-state index in [0.29, 0.717) is 36.8 Å². The third-order valence-electron chi connectivity index (χ3n) is 6.68. The zero-order chi connectivity index (χ0) is 25.9. The summed E-state index contributed by atoms with van der Waals surface area (Å²) >= 11 is 0. The van der Waals surface area contributed by atoms with Crippen molar-refractivity contribution in [1.29, 1.82) is 0 Å². The SMILES string of the molecule is COc1cc(C(=O)N2CC(OC)C2)ccc1Nc1cc2cc(-c3cnn(CC(C)CO)c3)ccc2cn1. The number of nitrogens with one attached hydrogen (secondary N) is 1. The largest absolute Gasteiger partial charge is 0.495 e. The Morgan fingerprint density at radius 3 is 2.70 bits per heavy atom. The summed E-state index contributed by atoms with van der Waals surface area (Å²) in [4.78, 5) is 19.1. The molecular weight excluding hydrogens is 470 g/mol. The number of anilines is 2. The smallest absolute Gasteiger partial charge is 0.254 e. The maximum absolute atomic E-state index is 12.8. The van der Waals surface area contributed by atoms with Crippen molar-refractivity contribution in [3.8, 4) is 16.9 Å². The number of rotatable bonds is 9.